The normalized spacial score (nSPS) is 17.1. The van der Waals surface area contributed by atoms with Crippen molar-refractivity contribution in [3.05, 3.63) is 29.0 Å². The third kappa shape index (κ3) is 2.28. The number of aromatic hydroxyl groups is 2. The quantitative estimate of drug-likeness (QED) is 0.871. The molecule has 0 aliphatic carbocycles. The van der Waals surface area contributed by atoms with Gasteiger partial charge < -0.3 is 14.6 Å². The molecule has 0 atom stereocenters. The van der Waals surface area contributed by atoms with Gasteiger partial charge in [0.2, 0.25) is 21.5 Å². The number of rotatable bonds is 2. The molecule has 1 fully saturated rings. The summed E-state index contributed by atoms with van der Waals surface area (Å²) in [6.07, 6.45) is 0.369. The van der Waals surface area contributed by atoms with Crippen LogP contribution in [0.25, 0.3) is 11.3 Å². The molecule has 6 nitrogen and oxygen atoms in total. The zero-order chi connectivity index (χ0) is 16.1. The van der Waals surface area contributed by atoms with E-state index in [0.717, 1.165) is 10.4 Å². The molecule has 1 aliphatic rings. The number of sulfonamides is 1. The van der Waals surface area contributed by atoms with Gasteiger partial charge in [0, 0.05) is 11.6 Å². The second kappa shape index (κ2) is 5.06. The maximum Gasteiger partial charge on any atom is 0.256 e. The molecule has 2 N–H and O–H groups in total. The average molecular weight is 348 g/mol. The molecule has 22 heavy (non-hydrogen) atoms. The fourth-order valence-electron chi connectivity index (χ4n) is 2.30. The van der Waals surface area contributed by atoms with E-state index in [0.29, 0.717) is 6.42 Å². The Bertz CT molecular complexity index is 848. The Hall–Kier alpha value is -1.93. The Morgan fingerprint density at radius 2 is 2.00 bits per heavy atom. The lowest BCUT2D eigenvalue weighted by molar-refractivity contribution is 0.409. The minimum atomic E-state index is -3.61. The molecule has 0 radical (unpaired) electrons. The minimum absolute atomic E-state index is 0.0848. The van der Waals surface area contributed by atoms with Crippen LogP contribution in [-0.2, 0) is 10.0 Å². The molecular weight excluding hydrogens is 337 g/mol. The summed E-state index contributed by atoms with van der Waals surface area (Å²) < 4.78 is 43.7. The number of halogens is 2. The smallest absolute Gasteiger partial charge is 0.256 e. The van der Waals surface area contributed by atoms with E-state index in [-0.39, 0.29) is 28.6 Å². The van der Waals surface area contributed by atoms with Crippen molar-refractivity contribution in [3.8, 4) is 22.8 Å². The highest BCUT2D eigenvalue weighted by molar-refractivity contribution is 7.93. The molecule has 0 bridgehead atoms. The summed E-state index contributed by atoms with van der Waals surface area (Å²) in [5.41, 5.74) is -0.139. The molecule has 0 unspecified atom stereocenters. The predicted octanol–water partition coefficient (Wildman–Crippen LogP) is 2.69. The molecule has 1 aromatic heterocycles. The average Bonchev–Trinajstić information content (AvgIpc) is 2.92. The van der Waals surface area contributed by atoms with E-state index in [1.54, 1.807) is 0 Å². The van der Waals surface area contributed by atoms with Crippen LogP contribution in [0.15, 0.2) is 22.6 Å². The van der Waals surface area contributed by atoms with Crippen molar-refractivity contribution in [1.29, 1.82) is 0 Å². The predicted molar refractivity (Wildman–Crippen MR) is 78.2 cm³/mol. The molecular formula is C13H11ClFNO5S. The zero-order valence-electron chi connectivity index (χ0n) is 11.1. The Kier molecular flexibility index (Phi) is 3.45. The van der Waals surface area contributed by atoms with Crippen molar-refractivity contribution in [2.75, 3.05) is 16.6 Å². The maximum absolute atomic E-state index is 13.9. The molecule has 0 saturated carbocycles. The summed E-state index contributed by atoms with van der Waals surface area (Å²) >= 11 is 5.65. The van der Waals surface area contributed by atoms with Crippen molar-refractivity contribution < 1.29 is 27.4 Å². The van der Waals surface area contributed by atoms with Crippen LogP contribution < -0.4 is 4.31 Å². The molecule has 2 heterocycles. The number of hydrogen-bond acceptors (Lipinski definition) is 5. The summed E-state index contributed by atoms with van der Waals surface area (Å²) in [6, 6.07) is 3.66. The number of furan rings is 1. The molecule has 2 aromatic rings. The maximum atomic E-state index is 13.9. The van der Waals surface area contributed by atoms with Crippen LogP contribution in [0.4, 0.5) is 10.3 Å². The molecule has 0 spiro atoms. The van der Waals surface area contributed by atoms with Crippen LogP contribution in [0.1, 0.15) is 6.42 Å². The largest absolute Gasteiger partial charge is 0.502 e. The Labute approximate surface area is 130 Å². The third-order valence-electron chi connectivity index (χ3n) is 3.34. The summed E-state index contributed by atoms with van der Waals surface area (Å²) in [5, 5.41) is 20.0. The lowest BCUT2D eigenvalue weighted by Gasteiger charge is -2.12. The summed E-state index contributed by atoms with van der Waals surface area (Å²) in [7, 11) is -3.61. The van der Waals surface area contributed by atoms with Crippen LogP contribution in [-0.4, -0.2) is 30.9 Å². The van der Waals surface area contributed by atoms with Gasteiger partial charge in [-0.3, -0.25) is 0 Å². The molecule has 1 aliphatic heterocycles. The van der Waals surface area contributed by atoms with Crippen molar-refractivity contribution in [1.82, 2.24) is 0 Å². The SMILES string of the molecule is O=S1(=O)CCCN1c1oc(-c2ccc(Cl)cc2F)c(O)c1O. The van der Waals surface area contributed by atoms with Crippen molar-refractivity contribution in [2.45, 2.75) is 6.42 Å². The lowest BCUT2D eigenvalue weighted by Crippen LogP contribution is -2.24. The second-order valence-electron chi connectivity index (χ2n) is 4.80. The third-order valence-corrected chi connectivity index (χ3v) is 5.40. The van der Waals surface area contributed by atoms with E-state index in [1.165, 1.54) is 12.1 Å². The van der Waals surface area contributed by atoms with E-state index >= 15 is 0 Å². The number of benzene rings is 1. The monoisotopic (exact) mass is 347 g/mol. The van der Waals surface area contributed by atoms with Gasteiger partial charge in [0.25, 0.3) is 5.88 Å². The Balaban J connectivity index is 2.14. The summed E-state index contributed by atoms with van der Waals surface area (Å²) in [4.78, 5) is 0. The van der Waals surface area contributed by atoms with Gasteiger partial charge in [0.05, 0.1) is 11.3 Å². The van der Waals surface area contributed by atoms with E-state index in [4.69, 9.17) is 16.0 Å². The topological polar surface area (TPSA) is 91.0 Å². The van der Waals surface area contributed by atoms with Gasteiger partial charge in [-0.15, -0.1) is 0 Å². The van der Waals surface area contributed by atoms with Crippen LogP contribution in [0.2, 0.25) is 5.02 Å². The van der Waals surface area contributed by atoms with Gasteiger partial charge >= 0.3 is 0 Å². The van der Waals surface area contributed by atoms with Crippen LogP contribution in [0, 0.1) is 5.82 Å². The Morgan fingerprint density at radius 1 is 1.27 bits per heavy atom. The second-order valence-corrected chi connectivity index (χ2v) is 7.25. The highest BCUT2D eigenvalue weighted by atomic mass is 35.5. The molecule has 1 aromatic carbocycles. The highest BCUT2D eigenvalue weighted by Crippen LogP contribution is 2.48. The van der Waals surface area contributed by atoms with Crippen molar-refractivity contribution in [2.24, 2.45) is 0 Å². The minimum Gasteiger partial charge on any atom is -0.502 e. The molecule has 118 valence electrons. The van der Waals surface area contributed by atoms with Gasteiger partial charge in [0.15, 0.2) is 5.76 Å². The van der Waals surface area contributed by atoms with E-state index in [2.05, 4.69) is 0 Å². The standard InChI is InChI=1S/C13H11ClFNO5S/c14-7-2-3-8(9(15)6-7)12-10(17)11(18)13(21-12)16-4-1-5-22(16,19)20/h2-3,6,17-18H,1,4-5H2. The first-order valence-corrected chi connectivity index (χ1v) is 8.30. The number of anilines is 1. The van der Waals surface area contributed by atoms with Gasteiger partial charge in [0.1, 0.15) is 5.82 Å². The molecule has 9 heteroatoms. The van der Waals surface area contributed by atoms with E-state index in [9.17, 15) is 23.0 Å². The molecule has 3 rings (SSSR count). The van der Waals surface area contributed by atoms with Gasteiger partial charge in [-0.1, -0.05) is 11.6 Å². The van der Waals surface area contributed by atoms with Gasteiger partial charge in [-0.05, 0) is 24.6 Å². The highest BCUT2D eigenvalue weighted by Gasteiger charge is 2.36. The fraction of sp³-hybridized carbons (Fsp3) is 0.231. The van der Waals surface area contributed by atoms with Gasteiger partial charge in [-0.2, -0.15) is 0 Å². The van der Waals surface area contributed by atoms with Crippen LogP contribution >= 0.6 is 11.6 Å². The molecule has 0 amide bonds. The molecule has 1 saturated heterocycles. The first kappa shape index (κ1) is 15.0. The lowest BCUT2D eigenvalue weighted by atomic mass is 10.1. The number of nitrogens with zero attached hydrogens (tertiary/aromatic N) is 1. The van der Waals surface area contributed by atoms with Crippen LogP contribution in [0.3, 0.4) is 0 Å². The fourth-order valence-corrected chi connectivity index (χ4v) is 3.95. The van der Waals surface area contributed by atoms with E-state index in [1.807, 2.05) is 0 Å². The van der Waals surface area contributed by atoms with Crippen LogP contribution in [0.5, 0.6) is 11.5 Å². The summed E-state index contributed by atoms with van der Waals surface area (Å²) in [5.74, 6) is -3.10. The first-order valence-electron chi connectivity index (χ1n) is 6.32. The first-order chi connectivity index (χ1) is 10.3. The van der Waals surface area contributed by atoms with Crippen molar-refractivity contribution >= 4 is 27.5 Å². The zero-order valence-corrected chi connectivity index (χ0v) is 12.7. The Morgan fingerprint density at radius 3 is 2.59 bits per heavy atom. The number of hydrogen-bond donors (Lipinski definition) is 2. The van der Waals surface area contributed by atoms with Gasteiger partial charge in [-0.25, -0.2) is 17.1 Å². The summed E-state index contributed by atoms with van der Waals surface area (Å²) in [6.45, 7) is 0.116. The van der Waals surface area contributed by atoms with Crippen molar-refractivity contribution in [3.63, 3.8) is 0 Å². The van der Waals surface area contributed by atoms with E-state index < -0.39 is 33.2 Å².